The molecule has 1 aromatic heterocycles. The summed E-state index contributed by atoms with van der Waals surface area (Å²) in [5.74, 6) is 0.986. The standard InChI is InChI=1S/C27H25N3O4/c1-27(34-26(28)32,14-17-15-29-22-11-5-2-8-18(17)22)25(31)30-16-21-19-9-3-6-12-23(19)33-24-13-7-4-10-20(21)24/h2-13,15,21,29H,14,16H2,1H3,(H2,28,32)(H,30,31). The molecule has 1 aliphatic heterocycles. The molecule has 0 aliphatic carbocycles. The maximum Gasteiger partial charge on any atom is 0.405 e. The number of nitrogens with one attached hydrogen (secondary N) is 2. The predicted molar refractivity (Wildman–Crippen MR) is 129 cm³/mol. The van der Waals surface area contributed by atoms with Gasteiger partial charge in [0.2, 0.25) is 0 Å². The lowest BCUT2D eigenvalue weighted by atomic mass is 9.87. The first kappa shape index (κ1) is 21.6. The minimum absolute atomic E-state index is 0.115. The molecule has 7 heteroatoms. The number of aromatic nitrogens is 1. The van der Waals surface area contributed by atoms with Crippen LogP contribution in [0.1, 0.15) is 29.5 Å². The van der Waals surface area contributed by atoms with E-state index in [2.05, 4.69) is 10.3 Å². The van der Waals surface area contributed by atoms with Crippen LogP contribution in [0.4, 0.5) is 4.79 Å². The predicted octanol–water partition coefficient (Wildman–Crippen LogP) is 4.62. The number of amides is 2. The second kappa shape index (κ2) is 8.59. The van der Waals surface area contributed by atoms with E-state index in [9.17, 15) is 9.59 Å². The highest BCUT2D eigenvalue weighted by atomic mass is 16.6. The molecule has 3 aromatic carbocycles. The van der Waals surface area contributed by atoms with Crippen LogP contribution in [0.2, 0.25) is 0 Å². The van der Waals surface area contributed by atoms with Crippen molar-refractivity contribution in [2.45, 2.75) is 24.9 Å². The zero-order valence-electron chi connectivity index (χ0n) is 18.7. The molecular formula is C27H25N3O4. The highest BCUT2D eigenvalue weighted by Crippen LogP contribution is 2.43. The molecule has 2 heterocycles. The van der Waals surface area contributed by atoms with Crippen LogP contribution in [-0.2, 0) is 16.0 Å². The van der Waals surface area contributed by atoms with Crippen molar-refractivity contribution in [2.24, 2.45) is 5.73 Å². The first-order valence-corrected chi connectivity index (χ1v) is 11.1. The van der Waals surface area contributed by atoms with Gasteiger partial charge in [0, 0.05) is 47.1 Å². The second-order valence-electron chi connectivity index (χ2n) is 8.63. The van der Waals surface area contributed by atoms with Crippen LogP contribution in [0, 0.1) is 0 Å². The Morgan fingerprint density at radius 3 is 2.29 bits per heavy atom. The van der Waals surface area contributed by atoms with Gasteiger partial charge in [-0.2, -0.15) is 0 Å². The largest absolute Gasteiger partial charge is 0.457 e. The number of rotatable bonds is 6. The van der Waals surface area contributed by atoms with Gasteiger partial charge in [0.15, 0.2) is 5.60 Å². The van der Waals surface area contributed by atoms with Crippen molar-refractivity contribution in [2.75, 3.05) is 6.54 Å². The number of para-hydroxylation sites is 3. The number of primary amides is 1. The van der Waals surface area contributed by atoms with E-state index < -0.39 is 17.6 Å². The SMILES string of the molecule is CC(Cc1c[nH]c2ccccc12)(OC(N)=O)C(=O)NCC1c2ccccc2Oc2ccccc21. The van der Waals surface area contributed by atoms with Gasteiger partial charge in [0.05, 0.1) is 0 Å². The number of nitrogens with two attached hydrogens (primary N) is 1. The van der Waals surface area contributed by atoms with Gasteiger partial charge < -0.3 is 25.5 Å². The summed E-state index contributed by atoms with van der Waals surface area (Å²) < 4.78 is 11.4. The fraction of sp³-hybridized carbons (Fsp3) is 0.185. The number of hydrogen-bond acceptors (Lipinski definition) is 4. The zero-order valence-corrected chi connectivity index (χ0v) is 18.7. The number of aromatic amines is 1. The number of hydrogen-bond donors (Lipinski definition) is 3. The molecule has 0 radical (unpaired) electrons. The average molecular weight is 456 g/mol. The Labute approximate surface area is 196 Å². The van der Waals surface area contributed by atoms with E-state index in [-0.39, 0.29) is 12.3 Å². The Morgan fingerprint density at radius 1 is 1.00 bits per heavy atom. The number of H-pyrrole nitrogens is 1. The van der Waals surface area contributed by atoms with Gasteiger partial charge in [-0.1, -0.05) is 54.6 Å². The summed E-state index contributed by atoms with van der Waals surface area (Å²) in [5.41, 5.74) is 7.63. The summed E-state index contributed by atoms with van der Waals surface area (Å²) in [4.78, 5) is 28.4. The van der Waals surface area contributed by atoms with Gasteiger partial charge in [-0.25, -0.2) is 4.79 Å². The highest BCUT2D eigenvalue weighted by Gasteiger charge is 2.39. The smallest absolute Gasteiger partial charge is 0.405 e. The number of carbonyl (C=O) groups excluding carboxylic acids is 2. The fourth-order valence-corrected chi connectivity index (χ4v) is 4.64. The highest BCUT2D eigenvalue weighted by molar-refractivity contribution is 5.89. The number of benzene rings is 3. The molecule has 0 fully saturated rings. The summed E-state index contributed by atoms with van der Waals surface area (Å²) in [6.07, 6.45) is 0.998. The van der Waals surface area contributed by atoms with Gasteiger partial charge in [-0.05, 0) is 30.7 Å². The van der Waals surface area contributed by atoms with Crippen molar-refractivity contribution in [3.05, 3.63) is 95.7 Å². The fourth-order valence-electron chi connectivity index (χ4n) is 4.64. The molecule has 34 heavy (non-hydrogen) atoms. The molecule has 2 amide bonds. The Balaban J connectivity index is 1.41. The maximum atomic E-state index is 13.4. The van der Waals surface area contributed by atoms with Crippen LogP contribution >= 0.6 is 0 Å². The van der Waals surface area contributed by atoms with Crippen molar-refractivity contribution >= 4 is 22.9 Å². The molecule has 0 saturated carbocycles. The van der Waals surface area contributed by atoms with Gasteiger partial charge in [0.1, 0.15) is 11.5 Å². The van der Waals surface area contributed by atoms with Crippen molar-refractivity contribution in [1.82, 2.24) is 10.3 Å². The molecule has 0 spiro atoms. The lowest BCUT2D eigenvalue weighted by Crippen LogP contribution is -2.51. The summed E-state index contributed by atoms with van der Waals surface area (Å²) in [6, 6.07) is 23.3. The van der Waals surface area contributed by atoms with E-state index in [0.717, 1.165) is 39.1 Å². The van der Waals surface area contributed by atoms with Crippen molar-refractivity contribution in [1.29, 1.82) is 0 Å². The molecule has 172 valence electrons. The summed E-state index contributed by atoms with van der Waals surface area (Å²) >= 11 is 0. The normalized spacial score (nSPS) is 14.4. The van der Waals surface area contributed by atoms with Crippen molar-refractivity contribution in [3.63, 3.8) is 0 Å². The van der Waals surface area contributed by atoms with E-state index in [1.54, 1.807) is 6.92 Å². The number of carbonyl (C=O) groups is 2. The monoisotopic (exact) mass is 455 g/mol. The van der Waals surface area contributed by atoms with Crippen LogP contribution in [0.3, 0.4) is 0 Å². The molecule has 1 unspecified atom stereocenters. The molecular weight excluding hydrogens is 430 g/mol. The van der Waals surface area contributed by atoms with E-state index >= 15 is 0 Å². The third-order valence-electron chi connectivity index (χ3n) is 6.28. The van der Waals surface area contributed by atoms with Gasteiger partial charge >= 0.3 is 6.09 Å². The molecule has 4 aromatic rings. The first-order chi connectivity index (χ1) is 16.4. The van der Waals surface area contributed by atoms with Crippen molar-refractivity contribution in [3.8, 4) is 11.5 Å². The van der Waals surface area contributed by atoms with Gasteiger partial charge in [-0.15, -0.1) is 0 Å². The van der Waals surface area contributed by atoms with Gasteiger partial charge in [-0.3, -0.25) is 4.79 Å². The maximum absolute atomic E-state index is 13.4. The third-order valence-corrected chi connectivity index (χ3v) is 6.28. The van der Waals surface area contributed by atoms with E-state index in [1.807, 2.05) is 79.0 Å². The van der Waals surface area contributed by atoms with Crippen molar-refractivity contribution < 1.29 is 19.1 Å². The minimum atomic E-state index is -1.49. The molecule has 1 aliphatic rings. The molecule has 5 rings (SSSR count). The van der Waals surface area contributed by atoms with Crippen LogP contribution < -0.4 is 15.8 Å². The van der Waals surface area contributed by atoms with Crippen LogP contribution in [-0.4, -0.2) is 29.1 Å². The van der Waals surface area contributed by atoms with E-state index in [4.69, 9.17) is 15.2 Å². The number of ether oxygens (including phenoxy) is 2. The van der Waals surface area contributed by atoms with Crippen LogP contribution in [0.15, 0.2) is 79.0 Å². The molecule has 1 atom stereocenters. The first-order valence-electron chi connectivity index (χ1n) is 11.1. The Morgan fingerprint density at radius 2 is 1.62 bits per heavy atom. The Kier molecular flexibility index (Phi) is 5.45. The summed E-state index contributed by atoms with van der Waals surface area (Å²) in [5, 5.41) is 3.96. The molecule has 4 N–H and O–H groups in total. The second-order valence-corrected chi connectivity index (χ2v) is 8.63. The summed E-state index contributed by atoms with van der Waals surface area (Å²) in [7, 11) is 0. The lowest BCUT2D eigenvalue weighted by Gasteiger charge is -2.31. The zero-order chi connectivity index (χ0) is 23.7. The molecule has 0 bridgehead atoms. The van der Waals surface area contributed by atoms with E-state index in [1.165, 1.54) is 0 Å². The molecule has 0 saturated heterocycles. The summed E-state index contributed by atoms with van der Waals surface area (Å²) in [6.45, 7) is 1.89. The third kappa shape index (κ3) is 3.96. The quantitative estimate of drug-likeness (QED) is 0.394. The number of fused-ring (bicyclic) bond motifs is 3. The molecule has 7 nitrogen and oxygen atoms in total. The van der Waals surface area contributed by atoms with Crippen LogP contribution in [0.5, 0.6) is 11.5 Å². The topological polar surface area (TPSA) is 106 Å². The van der Waals surface area contributed by atoms with E-state index in [0.29, 0.717) is 6.54 Å². The Hall–Kier alpha value is -4.26. The lowest BCUT2D eigenvalue weighted by molar-refractivity contribution is -0.138. The minimum Gasteiger partial charge on any atom is -0.457 e. The van der Waals surface area contributed by atoms with Crippen LogP contribution in [0.25, 0.3) is 10.9 Å². The average Bonchev–Trinajstić information content (AvgIpc) is 3.23. The Bertz CT molecular complexity index is 1330. The van der Waals surface area contributed by atoms with Gasteiger partial charge in [0.25, 0.3) is 5.91 Å².